The van der Waals surface area contributed by atoms with E-state index in [1.54, 1.807) is 0 Å². The summed E-state index contributed by atoms with van der Waals surface area (Å²) in [5, 5.41) is 3.44. The molecule has 0 aromatic rings. The van der Waals surface area contributed by atoms with Gasteiger partial charge in [0.05, 0.1) is 5.92 Å². The van der Waals surface area contributed by atoms with Crippen LogP contribution in [-0.4, -0.2) is 36.5 Å². The molecule has 2 atom stereocenters. The summed E-state index contributed by atoms with van der Waals surface area (Å²) in [5.74, 6) is 1.07. The predicted octanol–water partition coefficient (Wildman–Crippen LogP) is 1.49. The molecule has 2 unspecified atom stereocenters. The van der Waals surface area contributed by atoms with Crippen LogP contribution < -0.4 is 5.32 Å². The number of nitrogens with zero attached hydrogens (tertiary/aromatic N) is 1. The van der Waals surface area contributed by atoms with Crippen LogP contribution in [0.15, 0.2) is 0 Å². The van der Waals surface area contributed by atoms with Gasteiger partial charge < -0.3 is 10.2 Å². The zero-order valence-corrected chi connectivity index (χ0v) is 10.4. The molecule has 1 aliphatic rings. The van der Waals surface area contributed by atoms with Gasteiger partial charge in [0.1, 0.15) is 0 Å². The van der Waals surface area contributed by atoms with Gasteiger partial charge in [0, 0.05) is 19.1 Å². The van der Waals surface area contributed by atoms with Crippen LogP contribution in [0.5, 0.6) is 0 Å². The van der Waals surface area contributed by atoms with Crippen molar-refractivity contribution >= 4 is 5.91 Å². The summed E-state index contributed by atoms with van der Waals surface area (Å²) in [7, 11) is 0. The van der Waals surface area contributed by atoms with Crippen molar-refractivity contribution in [3.63, 3.8) is 0 Å². The average molecular weight is 212 g/mol. The molecule has 0 spiro atoms. The van der Waals surface area contributed by atoms with Crippen molar-refractivity contribution < 1.29 is 4.79 Å². The molecule has 88 valence electrons. The minimum absolute atomic E-state index is 0.199. The third kappa shape index (κ3) is 2.71. The highest BCUT2D eigenvalue weighted by Gasteiger charge is 2.35. The van der Waals surface area contributed by atoms with E-state index in [-0.39, 0.29) is 5.92 Å². The second-order valence-electron chi connectivity index (χ2n) is 4.63. The Bertz CT molecular complexity index is 212. The van der Waals surface area contributed by atoms with Gasteiger partial charge in [0.15, 0.2) is 0 Å². The number of nitrogens with one attached hydrogen (secondary N) is 1. The van der Waals surface area contributed by atoms with Gasteiger partial charge in [-0.25, -0.2) is 0 Å². The van der Waals surface area contributed by atoms with E-state index in [0.717, 1.165) is 26.1 Å². The molecule has 3 nitrogen and oxygen atoms in total. The molecule has 3 heteroatoms. The molecule has 1 fully saturated rings. The van der Waals surface area contributed by atoms with E-state index in [9.17, 15) is 4.79 Å². The van der Waals surface area contributed by atoms with Crippen LogP contribution in [0.2, 0.25) is 0 Å². The summed E-state index contributed by atoms with van der Waals surface area (Å²) in [6, 6.07) is 0.373. The summed E-state index contributed by atoms with van der Waals surface area (Å²) in [6.45, 7) is 11.1. The van der Waals surface area contributed by atoms with Crippen LogP contribution in [0.4, 0.5) is 0 Å². The first kappa shape index (κ1) is 12.5. The smallest absolute Gasteiger partial charge is 0.227 e. The number of amides is 1. The van der Waals surface area contributed by atoms with Crippen LogP contribution in [0.25, 0.3) is 0 Å². The second kappa shape index (κ2) is 5.50. The maximum absolute atomic E-state index is 12.2. The average Bonchev–Trinajstić information content (AvgIpc) is 2.67. The zero-order chi connectivity index (χ0) is 11.4. The molecular formula is C12H24N2O. The fourth-order valence-electron chi connectivity index (χ4n) is 2.47. The minimum Gasteiger partial charge on any atom is -0.343 e. The Kier molecular flexibility index (Phi) is 4.58. The number of rotatable bonds is 4. The molecule has 0 saturated carbocycles. The highest BCUT2D eigenvalue weighted by molar-refractivity contribution is 5.80. The zero-order valence-electron chi connectivity index (χ0n) is 10.4. The third-order valence-corrected chi connectivity index (χ3v) is 3.38. The van der Waals surface area contributed by atoms with Gasteiger partial charge in [-0.3, -0.25) is 4.79 Å². The maximum atomic E-state index is 12.2. The second-order valence-corrected chi connectivity index (χ2v) is 4.63. The third-order valence-electron chi connectivity index (χ3n) is 3.38. The number of hydrogen-bond donors (Lipinski definition) is 1. The van der Waals surface area contributed by atoms with Gasteiger partial charge in [0.2, 0.25) is 5.91 Å². The first-order valence-electron chi connectivity index (χ1n) is 6.13. The Hall–Kier alpha value is -0.570. The molecule has 1 saturated heterocycles. The van der Waals surface area contributed by atoms with Crippen molar-refractivity contribution in [3.8, 4) is 0 Å². The van der Waals surface area contributed by atoms with Crippen molar-refractivity contribution in [2.24, 2.45) is 11.8 Å². The summed E-state index contributed by atoms with van der Waals surface area (Å²) >= 11 is 0. The van der Waals surface area contributed by atoms with Gasteiger partial charge >= 0.3 is 0 Å². The van der Waals surface area contributed by atoms with Gasteiger partial charge in [-0.2, -0.15) is 0 Å². The van der Waals surface area contributed by atoms with Crippen molar-refractivity contribution in [2.45, 2.75) is 40.2 Å². The molecule has 0 aromatic carbocycles. The van der Waals surface area contributed by atoms with Crippen LogP contribution in [0.1, 0.15) is 34.1 Å². The Morgan fingerprint density at radius 1 is 1.40 bits per heavy atom. The lowest BCUT2D eigenvalue weighted by Crippen LogP contribution is -2.43. The van der Waals surface area contributed by atoms with Crippen LogP contribution in [0, 0.1) is 11.8 Å². The lowest BCUT2D eigenvalue weighted by Gasteiger charge is -2.28. The largest absolute Gasteiger partial charge is 0.343 e. The van der Waals surface area contributed by atoms with Gasteiger partial charge in [-0.1, -0.05) is 13.8 Å². The first-order valence-corrected chi connectivity index (χ1v) is 6.13. The van der Waals surface area contributed by atoms with Gasteiger partial charge in [-0.15, -0.1) is 0 Å². The fourth-order valence-corrected chi connectivity index (χ4v) is 2.47. The van der Waals surface area contributed by atoms with E-state index >= 15 is 0 Å². The highest BCUT2D eigenvalue weighted by atomic mass is 16.2. The van der Waals surface area contributed by atoms with E-state index in [1.807, 2.05) is 18.7 Å². The SMILES string of the molecule is CCN(CC)C(=O)C1CCNC1C(C)C. The molecule has 1 aliphatic heterocycles. The van der Waals surface area contributed by atoms with E-state index in [4.69, 9.17) is 0 Å². The Morgan fingerprint density at radius 3 is 2.47 bits per heavy atom. The molecule has 1 rings (SSSR count). The molecule has 15 heavy (non-hydrogen) atoms. The molecule has 1 heterocycles. The number of carbonyl (C=O) groups excluding carboxylic acids is 1. The number of carbonyl (C=O) groups is 1. The normalized spacial score (nSPS) is 25.9. The van der Waals surface area contributed by atoms with Crippen molar-refractivity contribution in [1.29, 1.82) is 0 Å². The highest BCUT2D eigenvalue weighted by Crippen LogP contribution is 2.23. The Labute approximate surface area is 93.2 Å². The summed E-state index contributed by atoms with van der Waals surface area (Å²) in [4.78, 5) is 14.2. The van der Waals surface area contributed by atoms with Crippen molar-refractivity contribution in [3.05, 3.63) is 0 Å². The maximum Gasteiger partial charge on any atom is 0.227 e. The monoisotopic (exact) mass is 212 g/mol. The predicted molar refractivity (Wildman–Crippen MR) is 62.7 cm³/mol. The summed E-state index contributed by atoms with van der Waals surface area (Å²) in [5.41, 5.74) is 0. The Balaban J connectivity index is 2.65. The standard InChI is InChI=1S/C12H24N2O/c1-5-14(6-2)12(15)10-7-8-13-11(10)9(3)4/h9-11,13H,5-8H2,1-4H3. The fraction of sp³-hybridized carbons (Fsp3) is 0.917. The molecule has 0 radical (unpaired) electrons. The summed E-state index contributed by atoms with van der Waals surface area (Å²) in [6.07, 6.45) is 0.998. The molecular weight excluding hydrogens is 188 g/mol. The van der Waals surface area contributed by atoms with E-state index in [1.165, 1.54) is 0 Å². The molecule has 0 aliphatic carbocycles. The molecule has 1 N–H and O–H groups in total. The van der Waals surface area contributed by atoms with Crippen LogP contribution in [-0.2, 0) is 4.79 Å². The molecule has 1 amide bonds. The van der Waals surface area contributed by atoms with E-state index in [2.05, 4.69) is 19.2 Å². The number of hydrogen-bond acceptors (Lipinski definition) is 2. The molecule has 0 aromatic heterocycles. The lowest BCUT2D eigenvalue weighted by atomic mass is 9.90. The van der Waals surface area contributed by atoms with E-state index < -0.39 is 0 Å². The van der Waals surface area contributed by atoms with E-state index in [0.29, 0.717) is 17.9 Å². The van der Waals surface area contributed by atoms with Gasteiger partial charge in [-0.05, 0) is 32.7 Å². The van der Waals surface area contributed by atoms with Crippen molar-refractivity contribution in [2.75, 3.05) is 19.6 Å². The Morgan fingerprint density at radius 2 is 2.00 bits per heavy atom. The molecule has 0 bridgehead atoms. The van der Waals surface area contributed by atoms with Gasteiger partial charge in [0.25, 0.3) is 0 Å². The van der Waals surface area contributed by atoms with Crippen molar-refractivity contribution in [1.82, 2.24) is 10.2 Å². The minimum atomic E-state index is 0.199. The van der Waals surface area contributed by atoms with Crippen LogP contribution in [0.3, 0.4) is 0 Å². The summed E-state index contributed by atoms with van der Waals surface area (Å²) < 4.78 is 0. The topological polar surface area (TPSA) is 32.3 Å². The van der Waals surface area contributed by atoms with Crippen LogP contribution >= 0.6 is 0 Å². The first-order chi connectivity index (χ1) is 7.11. The lowest BCUT2D eigenvalue weighted by molar-refractivity contribution is -0.135. The quantitative estimate of drug-likeness (QED) is 0.765.